The van der Waals surface area contributed by atoms with E-state index in [4.69, 9.17) is 11.6 Å². The van der Waals surface area contributed by atoms with Gasteiger partial charge in [0.05, 0.1) is 0 Å². The quantitative estimate of drug-likeness (QED) is 0.860. The molecular formula is C17H17ClFN. The van der Waals surface area contributed by atoms with Crippen LogP contribution in [-0.4, -0.2) is 6.04 Å². The third kappa shape index (κ3) is 3.02. The first-order chi connectivity index (χ1) is 9.63. The summed E-state index contributed by atoms with van der Waals surface area (Å²) in [7, 11) is 0. The number of rotatable bonds is 4. The highest BCUT2D eigenvalue weighted by Crippen LogP contribution is 2.30. The Bertz CT molecular complexity index is 635. The minimum atomic E-state index is -0.189. The minimum Gasteiger partial charge on any atom is -0.310 e. The van der Waals surface area contributed by atoms with Gasteiger partial charge in [-0.25, -0.2) is 4.39 Å². The summed E-state index contributed by atoms with van der Waals surface area (Å²) in [5.41, 5.74) is 3.67. The van der Waals surface area contributed by atoms with Gasteiger partial charge in [-0.3, -0.25) is 0 Å². The molecule has 0 bridgehead atoms. The second kappa shape index (κ2) is 5.55. The first kappa shape index (κ1) is 13.6. The minimum absolute atomic E-state index is 0.189. The van der Waals surface area contributed by atoms with Crippen LogP contribution in [0.15, 0.2) is 36.4 Å². The fraction of sp³-hybridized carbons (Fsp3) is 0.294. The van der Waals surface area contributed by atoms with Gasteiger partial charge >= 0.3 is 0 Å². The first-order valence-corrected chi connectivity index (χ1v) is 7.29. The van der Waals surface area contributed by atoms with Gasteiger partial charge in [0.15, 0.2) is 0 Å². The van der Waals surface area contributed by atoms with E-state index in [1.807, 2.05) is 31.2 Å². The molecule has 1 aliphatic rings. The molecule has 0 aliphatic heterocycles. The van der Waals surface area contributed by atoms with Gasteiger partial charge in [-0.15, -0.1) is 0 Å². The molecule has 3 rings (SSSR count). The third-order valence-corrected chi connectivity index (χ3v) is 3.87. The summed E-state index contributed by atoms with van der Waals surface area (Å²) in [6.07, 6.45) is 2.46. The molecule has 104 valence electrons. The second-order valence-corrected chi connectivity index (χ2v) is 5.88. The van der Waals surface area contributed by atoms with Crippen LogP contribution in [0.25, 0.3) is 11.1 Å². The van der Waals surface area contributed by atoms with Crippen molar-refractivity contribution in [3.8, 4) is 11.1 Å². The highest BCUT2D eigenvalue weighted by Gasteiger charge is 2.21. The van der Waals surface area contributed by atoms with Crippen molar-refractivity contribution >= 4 is 11.6 Å². The van der Waals surface area contributed by atoms with Crippen LogP contribution in [0.1, 0.15) is 24.0 Å². The molecule has 0 spiro atoms. The van der Waals surface area contributed by atoms with Crippen molar-refractivity contribution in [3.05, 3.63) is 58.4 Å². The molecular weight excluding hydrogens is 273 g/mol. The molecule has 1 N–H and O–H groups in total. The fourth-order valence-corrected chi connectivity index (χ4v) is 2.55. The summed E-state index contributed by atoms with van der Waals surface area (Å²) >= 11 is 6.08. The standard InChI is InChI=1S/C17H17ClFN/c1-11-2-7-17(19)16(8-11)15-6-3-13(18)9-12(15)10-20-14-4-5-14/h2-3,6-9,14,20H,4-5,10H2,1H3. The molecule has 0 heterocycles. The normalized spacial score (nSPS) is 14.6. The SMILES string of the molecule is Cc1ccc(F)c(-c2ccc(Cl)cc2CNC2CC2)c1. The Labute approximate surface area is 123 Å². The lowest BCUT2D eigenvalue weighted by atomic mass is 9.97. The first-order valence-electron chi connectivity index (χ1n) is 6.92. The summed E-state index contributed by atoms with van der Waals surface area (Å²) in [4.78, 5) is 0. The summed E-state index contributed by atoms with van der Waals surface area (Å²) in [5.74, 6) is -0.189. The average molecular weight is 290 g/mol. The molecule has 20 heavy (non-hydrogen) atoms. The maximum atomic E-state index is 14.1. The lowest BCUT2D eigenvalue weighted by molar-refractivity contribution is 0.630. The Kier molecular flexibility index (Phi) is 3.77. The molecule has 3 heteroatoms. The van der Waals surface area contributed by atoms with Crippen LogP contribution < -0.4 is 5.32 Å². The van der Waals surface area contributed by atoms with Crippen molar-refractivity contribution in [1.29, 1.82) is 0 Å². The number of benzene rings is 2. The van der Waals surface area contributed by atoms with Gasteiger partial charge in [0.25, 0.3) is 0 Å². The van der Waals surface area contributed by atoms with Gasteiger partial charge in [0.1, 0.15) is 5.82 Å². The van der Waals surface area contributed by atoms with Crippen LogP contribution in [0.2, 0.25) is 5.02 Å². The fourth-order valence-electron chi connectivity index (χ4n) is 2.36. The van der Waals surface area contributed by atoms with Crippen LogP contribution >= 0.6 is 11.6 Å². The van der Waals surface area contributed by atoms with E-state index in [1.165, 1.54) is 18.9 Å². The van der Waals surface area contributed by atoms with Crippen LogP contribution in [0.4, 0.5) is 4.39 Å². The Hall–Kier alpha value is -1.38. The summed E-state index contributed by atoms with van der Waals surface area (Å²) in [5, 5.41) is 4.15. The predicted octanol–water partition coefficient (Wildman–Crippen LogP) is 4.71. The van der Waals surface area contributed by atoms with E-state index in [-0.39, 0.29) is 5.82 Å². The molecule has 1 nitrogen and oxygen atoms in total. The van der Waals surface area contributed by atoms with Gasteiger partial charge < -0.3 is 5.32 Å². The average Bonchev–Trinajstić information content (AvgIpc) is 3.24. The maximum Gasteiger partial charge on any atom is 0.131 e. The van der Waals surface area contributed by atoms with Gasteiger partial charge in [-0.2, -0.15) is 0 Å². The smallest absolute Gasteiger partial charge is 0.131 e. The topological polar surface area (TPSA) is 12.0 Å². The summed E-state index contributed by atoms with van der Waals surface area (Å²) in [6, 6.07) is 11.5. The lowest BCUT2D eigenvalue weighted by Gasteiger charge is -2.12. The Balaban J connectivity index is 1.99. The van der Waals surface area contributed by atoms with Crippen molar-refractivity contribution in [2.75, 3.05) is 0 Å². The van der Waals surface area contributed by atoms with Crippen molar-refractivity contribution in [1.82, 2.24) is 5.32 Å². The number of aryl methyl sites for hydroxylation is 1. The lowest BCUT2D eigenvalue weighted by Crippen LogP contribution is -2.16. The van der Waals surface area contributed by atoms with Crippen molar-refractivity contribution < 1.29 is 4.39 Å². The summed E-state index contributed by atoms with van der Waals surface area (Å²) < 4.78 is 14.1. The van der Waals surface area contributed by atoms with Gasteiger partial charge in [0, 0.05) is 23.2 Å². The molecule has 1 fully saturated rings. The van der Waals surface area contributed by atoms with Crippen molar-refractivity contribution in [2.24, 2.45) is 0 Å². The van der Waals surface area contributed by atoms with Gasteiger partial charge in [0.2, 0.25) is 0 Å². The zero-order valence-electron chi connectivity index (χ0n) is 11.4. The van der Waals surface area contributed by atoms with E-state index >= 15 is 0 Å². The van der Waals surface area contributed by atoms with E-state index in [0.717, 1.165) is 23.2 Å². The Morgan fingerprint density at radius 2 is 1.95 bits per heavy atom. The van der Waals surface area contributed by atoms with E-state index in [1.54, 1.807) is 6.07 Å². The largest absolute Gasteiger partial charge is 0.310 e. The number of hydrogen-bond acceptors (Lipinski definition) is 1. The Morgan fingerprint density at radius 3 is 2.70 bits per heavy atom. The maximum absolute atomic E-state index is 14.1. The molecule has 2 aromatic rings. The monoisotopic (exact) mass is 289 g/mol. The van der Waals surface area contributed by atoms with E-state index in [9.17, 15) is 4.39 Å². The third-order valence-electron chi connectivity index (χ3n) is 3.64. The van der Waals surface area contributed by atoms with Crippen LogP contribution in [0.5, 0.6) is 0 Å². The molecule has 0 saturated heterocycles. The number of hydrogen-bond donors (Lipinski definition) is 1. The molecule has 0 amide bonds. The molecule has 0 radical (unpaired) electrons. The van der Waals surface area contributed by atoms with Crippen molar-refractivity contribution in [3.63, 3.8) is 0 Å². The van der Waals surface area contributed by atoms with Crippen LogP contribution in [0.3, 0.4) is 0 Å². The zero-order chi connectivity index (χ0) is 14.1. The highest BCUT2D eigenvalue weighted by atomic mass is 35.5. The van der Waals surface area contributed by atoms with E-state index < -0.39 is 0 Å². The Morgan fingerprint density at radius 1 is 1.15 bits per heavy atom. The molecule has 0 atom stereocenters. The second-order valence-electron chi connectivity index (χ2n) is 5.44. The number of nitrogens with one attached hydrogen (secondary N) is 1. The zero-order valence-corrected chi connectivity index (χ0v) is 12.2. The molecule has 1 aliphatic carbocycles. The van der Waals surface area contributed by atoms with Gasteiger partial charge in [-0.05, 0) is 55.2 Å². The van der Waals surface area contributed by atoms with Crippen LogP contribution in [-0.2, 0) is 6.54 Å². The van der Waals surface area contributed by atoms with Crippen molar-refractivity contribution in [2.45, 2.75) is 32.4 Å². The molecule has 1 saturated carbocycles. The van der Waals surface area contributed by atoms with E-state index in [0.29, 0.717) is 16.6 Å². The summed E-state index contributed by atoms with van der Waals surface area (Å²) in [6.45, 7) is 2.70. The molecule has 0 aromatic heterocycles. The predicted molar refractivity (Wildman–Crippen MR) is 81.4 cm³/mol. The van der Waals surface area contributed by atoms with Gasteiger partial charge in [-0.1, -0.05) is 29.3 Å². The molecule has 2 aromatic carbocycles. The number of halogens is 2. The van der Waals surface area contributed by atoms with Crippen LogP contribution in [0, 0.1) is 12.7 Å². The highest BCUT2D eigenvalue weighted by molar-refractivity contribution is 6.30. The molecule has 0 unspecified atom stereocenters. The van der Waals surface area contributed by atoms with E-state index in [2.05, 4.69) is 5.32 Å².